The van der Waals surface area contributed by atoms with Crippen molar-refractivity contribution < 1.29 is 9.15 Å². The fourth-order valence-corrected chi connectivity index (χ4v) is 4.02. The van der Waals surface area contributed by atoms with Gasteiger partial charge in [0.05, 0.1) is 6.04 Å². The molecule has 1 saturated carbocycles. The Morgan fingerprint density at radius 2 is 2.00 bits per heavy atom. The van der Waals surface area contributed by atoms with Crippen molar-refractivity contribution >= 4 is 0 Å². The maximum Gasteiger partial charge on any atom is 0.129 e. The monoisotopic (exact) mass is 279 g/mol. The first-order valence-corrected chi connectivity index (χ1v) is 7.86. The topological polar surface area (TPSA) is 34.4 Å². The van der Waals surface area contributed by atoms with Gasteiger partial charge in [0.25, 0.3) is 0 Å². The maximum atomic E-state index is 6.01. The lowest BCUT2D eigenvalue weighted by molar-refractivity contribution is 0.131. The van der Waals surface area contributed by atoms with Crippen molar-refractivity contribution in [3.8, 4) is 0 Å². The van der Waals surface area contributed by atoms with Gasteiger partial charge in [-0.15, -0.1) is 0 Å². The normalized spacial score (nSPS) is 19.6. The molecule has 0 aliphatic heterocycles. The Morgan fingerprint density at radius 1 is 1.30 bits per heavy atom. The fourth-order valence-electron chi connectivity index (χ4n) is 4.02. The predicted octanol–water partition coefficient (Wildman–Crippen LogP) is 4.29. The number of nitrogens with one attached hydrogen (secondary N) is 1. The van der Waals surface area contributed by atoms with E-state index >= 15 is 0 Å². The second kappa shape index (κ2) is 6.77. The van der Waals surface area contributed by atoms with Crippen LogP contribution in [0, 0.1) is 11.3 Å². The van der Waals surface area contributed by atoms with Crippen molar-refractivity contribution in [1.29, 1.82) is 0 Å². The molecule has 1 heterocycles. The van der Waals surface area contributed by atoms with E-state index in [-0.39, 0.29) is 0 Å². The second-order valence-corrected chi connectivity index (χ2v) is 6.63. The van der Waals surface area contributed by atoms with Gasteiger partial charge < -0.3 is 14.5 Å². The summed E-state index contributed by atoms with van der Waals surface area (Å²) in [6.45, 7) is 5.20. The zero-order valence-corrected chi connectivity index (χ0v) is 13.4. The van der Waals surface area contributed by atoms with E-state index in [1.165, 1.54) is 32.1 Å². The highest BCUT2D eigenvalue weighted by Crippen LogP contribution is 2.51. The average Bonchev–Trinajstić information content (AvgIpc) is 3.01. The van der Waals surface area contributed by atoms with Gasteiger partial charge >= 0.3 is 0 Å². The van der Waals surface area contributed by atoms with E-state index in [1.807, 2.05) is 6.07 Å². The first kappa shape index (κ1) is 15.6. The van der Waals surface area contributed by atoms with E-state index in [0.29, 0.717) is 18.1 Å². The van der Waals surface area contributed by atoms with Crippen LogP contribution in [0.4, 0.5) is 0 Å². The molecule has 0 spiro atoms. The molecule has 1 unspecified atom stereocenters. The third-order valence-electron chi connectivity index (χ3n) is 4.57. The van der Waals surface area contributed by atoms with Crippen LogP contribution in [-0.2, 0) is 11.3 Å². The Bertz CT molecular complexity index is 405. The van der Waals surface area contributed by atoms with Crippen LogP contribution in [0.2, 0.25) is 0 Å². The lowest BCUT2D eigenvalue weighted by atomic mass is 9.72. The van der Waals surface area contributed by atoms with Crippen LogP contribution in [-0.4, -0.2) is 14.2 Å². The average molecular weight is 279 g/mol. The molecule has 3 nitrogen and oxygen atoms in total. The minimum atomic E-state index is 0.318. The number of furan rings is 1. The minimum absolute atomic E-state index is 0.318. The molecule has 2 rings (SSSR count). The van der Waals surface area contributed by atoms with Crippen molar-refractivity contribution in [2.45, 2.75) is 58.6 Å². The molecule has 0 amide bonds. The summed E-state index contributed by atoms with van der Waals surface area (Å²) in [5, 5.41) is 3.53. The molecule has 1 fully saturated rings. The first-order chi connectivity index (χ1) is 9.61. The number of hydrogen-bond acceptors (Lipinski definition) is 3. The molecule has 0 aromatic carbocycles. The summed E-state index contributed by atoms with van der Waals surface area (Å²) in [5.74, 6) is 2.71. The number of methoxy groups -OCH3 is 1. The predicted molar refractivity (Wildman–Crippen MR) is 81.6 cm³/mol. The summed E-state index contributed by atoms with van der Waals surface area (Å²) in [6.07, 6.45) is 6.56. The van der Waals surface area contributed by atoms with Gasteiger partial charge in [0.1, 0.15) is 18.1 Å². The van der Waals surface area contributed by atoms with Crippen LogP contribution in [0.25, 0.3) is 0 Å². The minimum Gasteiger partial charge on any atom is -0.462 e. The van der Waals surface area contributed by atoms with Gasteiger partial charge in [0.15, 0.2) is 0 Å². The molecule has 20 heavy (non-hydrogen) atoms. The van der Waals surface area contributed by atoms with Gasteiger partial charge in [-0.2, -0.15) is 0 Å². The molecular weight excluding hydrogens is 250 g/mol. The molecule has 3 heteroatoms. The van der Waals surface area contributed by atoms with Crippen LogP contribution in [0.5, 0.6) is 0 Å². The number of ether oxygens (including phenoxy) is 1. The number of rotatable bonds is 7. The van der Waals surface area contributed by atoms with E-state index in [4.69, 9.17) is 9.15 Å². The van der Waals surface area contributed by atoms with Gasteiger partial charge in [0, 0.05) is 7.11 Å². The van der Waals surface area contributed by atoms with Crippen LogP contribution in [0.3, 0.4) is 0 Å². The second-order valence-electron chi connectivity index (χ2n) is 6.63. The molecule has 1 aromatic rings. The molecule has 114 valence electrons. The van der Waals surface area contributed by atoms with Crippen molar-refractivity contribution in [2.75, 3.05) is 14.2 Å². The Labute approximate surface area is 123 Å². The molecule has 1 aliphatic carbocycles. The van der Waals surface area contributed by atoms with Crippen LogP contribution in [0.1, 0.15) is 63.5 Å². The molecule has 1 aliphatic rings. The largest absolute Gasteiger partial charge is 0.462 e. The lowest BCUT2D eigenvalue weighted by Gasteiger charge is -2.38. The van der Waals surface area contributed by atoms with E-state index < -0.39 is 0 Å². The van der Waals surface area contributed by atoms with Crippen molar-refractivity contribution in [3.05, 3.63) is 23.7 Å². The van der Waals surface area contributed by atoms with Crippen molar-refractivity contribution in [3.63, 3.8) is 0 Å². The summed E-state index contributed by atoms with van der Waals surface area (Å²) in [5.41, 5.74) is 0.352. The van der Waals surface area contributed by atoms with E-state index in [9.17, 15) is 0 Å². The standard InChI is InChI=1S/C17H29NO2/c1-13(2)11-17(9-5-6-10-17)16(18-3)15-8-7-14(20-15)12-19-4/h7-8,13,16,18H,5-6,9-12H2,1-4H3. The summed E-state index contributed by atoms with van der Waals surface area (Å²) in [4.78, 5) is 0. The lowest BCUT2D eigenvalue weighted by Crippen LogP contribution is -2.35. The van der Waals surface area contributed by atoms with Gasteiger partial charge in [-0.1, -0.05) is 26.7 Å². The maximum absolute atomic E-state index is 6.01. The Balaban J connectivity index is 2.23. The summed E-state index contributed by atoms with van der Waals surface area (Å²) >= 11 is 0. The first-order valence-electron chi connectivity index (χ1n) is 7.86. The highest BCUT2D eigenvalue weighted by molar-refractivity contribution is 5.15. The van der Waals surface area contributed by atoms with Gasteiger partial charge in [0.2, 0.25) is 0 Å². The molecule has 1 aromatic heterocycles. The molecular formula is C17H29NO2. The molecule has 0 bridgehead atoms. The molecule has 0 radical (unpaired) electrons. The molecule has 1 N–H and O–H groups in total. The highest BCUT2D eigenvalue weighted by Gasteiger charge is 2.43. The van der Waals surface area contributed by atoms with E-state index in [2.05, 4.69) is 32.3 Å². The fraction of sp³-hybridized carbons (Fsp3) is 0.765. The Morgan fingerprint density at radius 3 is 2.55 bits per heavy atom. The molecule has 1 atom stereocenters. The van der Waals surface area contributed by atoms with E-state index in [1.54, 1.807) is 7.11 Å². The summed E-state index contributed by atoms with van der Waals surface area (Å²) < 4.78 is 11.2. The van der Waals surface area contributed by atoms with Crippen molar-refractivity contribution in [1.82, 2.24) is 5.32 Å². The quantitative estimate of drug-likeness (QED) is 0.808. The zero-order chi connectivity index (χ0) is 14.6. The van der Waals surface area contributed by atoms with Crippen LogP contribution >= 0.6 is 0 Å². The van der Waals surface area contributed by atoms with Crippen LogP contribution < -0.4 is 5.32 Å². The Kier molecular flexibility index (Phi) is 5.28. The van der Waals surface area contributed by atoms with Gasteiger partial charge in [-0.05, 0) is 49.8 Å². The zero-order valence-electron chi connectivity index (χ0n) is 13.4. The third-order valence-corrected chi connectivity index (χ3v) is 4.57. The van der Waals surface area contributed by atoms with E-state index in [0.717, 1.165) is 17.4 Å². The smallest absolute Gasteiger partial charge is 0.129 e. The van der Waals surface area contributed by atoms with Gasteiger partial charge in [-0.3, -0.25) is 0 Å². The third kappa shape index (κ3) is 3.26. The summed E-state index contributed by atoms with van der Waals surface area (Å²) in [6, 6.07) is 4.48. The highest BCUT2D eigenvalue weighted by atomic mass is 16.5. The SMILES string of the molecule is CNC(c1ccc(COC)o1)C1(CC(C)C)CCCC1. The van der Waals surface area contributed by atoms with Gasteiger partial charge in [-0.25, -0.2) is 0 Å². The number of hydrogen-bond donors (Lipinski definition) is 1. The Hall–Kier alpha value is -0.800. The van der Waals surface area contributed by atoms with Crippen molar-refractivity contribution in [2.24, 2.45) is 11.3 Å². The summed E-state index contributed by atoms with van der Waals surface area (Å²) in [7, 11) is 3.76. The molecule has 0 saturated heterocycles. The van der Waals surface area contributed by atoms with Crippen LogP contribution in [0.15, 0.2) is 16.5 Å².